The molecule has 0 aromatic heterocycles. The highest BCUT2D eigenvalue weighted by atomic mass is 16.5. The largest absolute Gasteiger partial charge is 0.381 e. The molecule has 3 rings (SSSR count). The van der Waals surface area contributed by atoms with E-state index in [0.29, 0.717) is 5.54 Å². The summed E-state index contributed by atoms with van der Waals surface area (Å²) in [7, 11) is 0. The predicted octanol–water partition coefficient (Wildman–Crippen LogP) is 1.77. The highest BCUT2D eigenvalue weighted by Crippen LogP contribution is 2.31. The highest BCUT2D eigenvalue weighted by Gasteiger charge is 2.37. The van der Waals surface area contributed by atoms with Gasteiger partial charge in [0.2, 0.25) is 0 Å². The van der Waals surface area contributed by atoms with E-state index in [9.17, 15) is 0 Å². The first-order valence-electron chi connectivity index (χ1n) is 7.35. The molecule has 0 aromatic rings. The van der Waals surface area contributed by atoms with Gasteiger partial charge in [-0.15, -0.1) is 0 Å². The first kappa shape index (κ1) is 11.9. The molecule has 0 aromatic carbocycles. The minimum absolute atomic E-state index is 0.405. The van der Waals surface area contributed by atoms with Crippen molar-refractivity contribution in [1.29, 1.82) is 0 Å². The maximum Gasteiger partial charge on any atom is 0.0483 e. The zero-order valence-electron chi connectivity index (χ0n) is 11.1. The molecule has 3 fully saturated rings. The molecule has 98 valence electrons. The second-order valence-electron chi connectivity index (χ2n) is 6.34. The lowest BCUT2D eigenvalue weighted by atomic mass is 9.87. The van der Waals surface area contributed by atoms with Crippen LogP contribution in [0.15, 0.2) is 0 Å². The van der Waals surface area contributed by atoms with Gasteiger partial charge in [0.05, 0.1) is 0 Å². The summed E-state index contributed by atoms with van der Waals surface area (Å²) in [5, 5.41) is 3.81. The van der Waals surface area contributed by atoms with Gasteiger partial charge in [-0.3, -0.25) is 4.90 Å². The van der Waals surface area contributed by atoms with Crippen molar-refractivity contribution in [1.82, 2.24) is 10.2 Å². The molecule has 3 nitrogen and oxygen atoms in total. The third kappa shape index (κ3) is 2.83. The third-order valence-electron chi connectivity index (χ3n) is 4.80. The molecule has 1 saturated carbocycles. The van der Waals surface area contributed by atoms with Crippen LogP contribution in [0.4, 0.5) is 0 Å². The average Bonchev–Trinajstić information content (AvgIpc) is 3.14. The summed E-state index contributed by atoms with van der Waals surface area (Å²) < 4.78 is 5.51. The first-order chi connectivity index (χ1) is 8.26. The summed E-state index contributed by atoms with van der Waals surface area (Å²) in [6.45, 7) is 6.89. The molecule has 3 aliphatic rings. The second-order valence-corrected chi connectivity index (χ2v) is 6.34. The second kappa shape index (κ2) is 4.87. The van der Waals surface area contributed by atoms with E-state index in [1.807, 2.05) is 0 Å². The lowest BCUT2D eigenvalue weighted by Gasteiger charge is -2.47. The third-order valence-corrected chi connectivity index (χ3v) is 4.80. The van der Waals surface area contributed by atoms with E-state index in [4.69, 9.17) is 4.74 Å². The number of nitrogens with zero attached hydrogens (tertiary/aromatic N) is 1. The molecule has 3 heteroatoms. The molecule has 2 aliphatic heterocycles. The van der Waals surface area contributed by atoms with Crippen molar-refractivity contribution in [3.8, 4) is 0 Å². The number of likely N-dealkylation sites (tertiary alicyclic amines) is 1. The number of ether oxygens (including phenoxy) is 1. The van der Waals surface area contributed by atoms with E-state index >= 15 is 0 Å². The molecule has 2 saturated heterocycles. The topological polar surface area (TPSA) is 24.5 Å². The van der Waals surface area contributed by atoms with E-state index in [2.05, 4.69) is 17.1 Å². The molecule has 0 radical (unpaired) electrons. The van der Waals surface area contributed by atoms with E-state index in [1.54, 1.807) is 0 Å². The molecule has 0 bridgehead atoms. The van der Waals surface area contributed by atoms with Crippen molar-refractivity contribution in [2.24, 2.45) is 0 Å². The Kier molecular flexibility index (Phi) is 3.42. The Bertz CT molecular complexity index is 259. The van der Waals surface area contributed by atoms with Gasteiger partial charge in [-0.2, -0.15) is 0 Å². The first-order valence-corrected chi connectivity index (χ1v) is 7.35. The Morgan fingerprint density at radius 1 is 1.12 bits per heavy atom. The molecular formula is C14H26N2O. The zero-order chi connectivity index (χ0) is 11.7. The van der Waals surface area contributed by atoms with E-state index in [0.717, 1.165) is 25.3 Å². The fourth-order valence-electron chi connectivity index (χ4n) is 3.31. The quantitative estimate of drug-likeness (QED) is 0.811. The fourth-order valence-corrected chi connectivity index (χ4v) is 3.31. The molecule has 1 N–H and O–H groups in total. The minimum atomic E-state index is 0.405. The molecule has 1 atom stereocenters. The highest BCUT2D eigenvalue weighted by molar-refractivity contribution is 4.94. The Morgan fingerprint density at radius 2 is 1.88 bits per heavy atom. The maximum absolute atomic E-state index is 5.51. The van der Waals surface area contributed by atoms with Crippen molar-refractivity contribution < 1.29 is 4.74 Å². The summed E-state index contributed by atoms with van der Waals surface area (Å²) >= 11 is 0. The van der Waals surface area contributed by atoms with Gasteiger partial charge in [-0.25, -0.2) is 0 Å². The smallest absolute Gasteiger partial charge is 0.0483 e. The van der Waals surface area contributed by atoms with E-state index < -0.39 is 0 Å². The molecule has 2 heterocycles. The standard InChI is InChI=1S/C14H26N2O/c1-14(6-9-17-10-7-14)16-8-2-3-13(11-16)15-12-4-5-12/h12-13,15H,2-11H2,1H3. The average molecular weight is 238 g/mol. The molecule has 0 spiro atoms. The van der Waals surface area contributed by atoms with Gasteiger partial charge in [0.25, 0.3) is 0 Å². The van der Waals surface area contributed by atoms with Crippen LogP contribution >= 0.6 is 0 Å². The van der Waals surface area contributed by atoms with Crippen molar-refractivity contribution in [2.45, 2.75) is 63.1 Å². The number of nitrogens with one attached hydrogen (secondary N) is 1. The van der Waals surface area contributed by atoms with Crippen LogP contribution in [-0.4, -0.2) is 48.8 Å². The van der Waals surface area contributed by atoms with Crippen LogP contribution in [-0.2, 0) is 4.74 Å². The van der Waals surface area contributed by atoms with Gasteiger partial charge in [0.1, 0.15) is 0 Å². The van der Waals surface area contributed by atoms with E-state index in [-0.39, 0.29) is 0 Å². The van der Waals surface area contributed by atoms with Crippen LogP contribution in [0.3, 0.4) is 0 Å². The van der Waals surface area contributed by atoms with Crippen LogP contribution < -0.4 is 5.32 Å². The number of rotatable bonds is 3. The fraction of sp³-hybridized carbons (Fsp3) is 1.00. The number of hydrogen-bond acceptors (Lipinski definition) is 3. The Hall–Kier alpha value is -0.120. The monoisotopic (exact) mass is 238 g/mol. The van der Waals surface area contributed by atoms with Crippen LogP contribution in [0.5, 0.6) is 0 Å². The predicted molar refractivity (Wildman–Crippen MR) is 69.2 cm³/mol. The van der Waals surface area contributed by atoms with Crippen molar-refractivity contribution in [3.05, 3.63) is 0 Å². The normalized spacial score (nSPS) is 34.8. The summed E-state index contributed by atoms with van der Waals surface area (Å²) in [6.07, 6.45) is 7.97. The van der Waals surface area contributed by atoms with Gasteiger partial charge >= 0.3 is 0 Å². The minimum Gasteiger partial charge on any atom is -0.381 e. The Labute approximate surface area is 105 Å². The van der Waals surface area contributed by atoms with Crippen molar-refractivity contribution in [2.75, 3.05) is 26.3 Å². The van der Waals surface area contributed by atoms with Crippen LogP contribution in [0, 0.1) is 0 Å². The van der Waals surface area contributed by atoms with Gasteiger partial charge in [0.15, 0.2) is 0 Å². The SMILES string of the molecule is CC1(N2CCCC(NC3CC3)C2)CCOCC1. The molecular weight excluding hydrogens is 212 g/mol. The molecule has 1 aliphatic carbocycles. The molecule has 0 amide bonds. The van der Waals surface area contributed by atoms with Gasteiger partial charge in [-0.05, 0) is 52.0 Å². The maximum atomic E-state index is 5.51. The van der Waals surface area contributed by atoms with Crippen LogP contribution in [0.1, 0.15) is 45.4 Å². The summed E-state index contributed by atoms with van der Waals surface area (Å²) in [5.74, 6) is 0. The summed E-state index contributed by atoms with van der Waals surface area (Å²) in [5.41, 5.74) is 0.405. The summed E-state index contributed by atoms with van der Waals surface area (Å²) in [6, 6.07) is 1.60. The zero-order valence-corrected chi connectivity index (χ0v) is 11.1. The molecule has 1 unspecified atom stereocenters. The molecule has 17 heavy (non-hydrogen) atoms. The Balaban J connectivity index is 1.57. The lowest BCUT2D eigenvalue weighted by molar-refractivity contribution is -0.0315. The Morgan fingerprint density at radius 3 is 2.59 bits per heavy atom. The lowest BCUT2D eigenvalue weighted by Crippen LogP contribution is -2.57. The van der Waals surface area contributed by atoms with E-state index in [1.165, 1.54) is 51.6 Å². The van der Waals surface area contributed by atoms with Gasteiger partial charge < -0.3 is 10.1 Å². The number of piperidine rings is 1. The summed E-state index contributed by atoms with van der Waals surface area (Å²) in [4.78, 5) is 2.74. The number of hydrogen-bond donors (Lipinski definition) is 1. The van der Waals surface area contributed by atoms with Crippen LogP contribution in [0.25, 0.3) is 0 Å². The van der Waals surface area contributed by atoms with Crippen LogP contribution in [0.2, 0.25) is 0 Å². The van der Waals surface area contributed by atoms with Gasteiger partial charge in [0, 0.05) is 37.4 Å². The van der Waals surface area contributed by atoms with Gasteiger partial charge in [-0.1, -0.05) is 0 Å². The van der Waals surface area contributed by atoms with Crippen molar-refractivity contribution in [3.63, 3.8) is 0 Å². The van der Waals surface area contributed by atoms with Crippen molar-refractivity contribution >= 4 is 0 Å².